The average molecular weight is 246 g/mol. The van der Waals surface area contributed by atoms with Crippen LogP contribution in [0.3, 0.4) is 0 Å². The Morgan fingerprint density at radius 2 is 2.06 bits per heavy atom. The van der Waals surface area contributed by atoms with Crippen LogP contribution in [0.1, 0.15) is 36.6 Å². The lowest BCUT2D eigenvalue weighted by molar-refractivity contribution is 0.418. The SMILES string of the molecule is COc1cc(C)cc2c(CCN)c(C(C)C)[nH]c12. The maximum atomic E-state index is 5.74. The smallest absolute Gasteiger partial charge is 0.143 e. The zero-order chi connectivity index (χ0) is 13.3. The molecule has 0 fully saturated rings. The summed E-state index contributed by atoms with van der Waals surface area (Å²) in [5.41, 5.74) is 10.7. The van der Waals surface area contributed by atoms with E-state index in [1.807, 2.05) is 0 Å². The predicted molar refractivity (Wildman–Crippen MR) is 76.4 cm³/mol. The number of hydrogen-bond donors (Lipinski definition) is 2. The summed E-state index contributed by atoms with van der Waals surface area (Å²) in [6, 6.07) is 4.28. The number of methoxy groups -OCH3 is 1. The van der Waals surface area contributed by atoms with Gasteiger partial charge in [-0.1, -0.05) is 13.8 Å². The number of nitrogens with two attached hydrogens (primary N) is 1. The first-order valence-electron chi connectivity index (χ1n) is 6.47. The molecule has 1 aromatic heterocycles. The molecule has 18 heavy (non-hydrogen) atoms. The van der Waals surface area contributed by atoms with Crippen molar-refractivity contribution in [2.45, 2.75) is 33.1 Å². The van der Waals surface area contributed by atoms with Crippen LogP contribution in [0.5, 0.6) is 5.75 Å². The van der Waals surface area contributed by atoms with Crippen LogP contribution >= 0.6 is 0 Å². The number of nitrogens with one attached hydrogen (secondary N) is 1. The van der Waals surface area contributed by atoms with Gasteiger partial charge in [0, 0.05) is 11.1 Å². The highest BCUT2D eigenvalue weighted by atomic mass is 16.5. The third-order valence-corrected chi connectivity index (χ3v) is 3.35. The van der Waals surface area contributed by atoms with Gasteiger partial charge in [0.05, 0.1) is 12.6 Å². The minimum absolute atomic E-state index is 0.462. The summed E-state index contributed by atoms with van der Waals surface area (Å²) < 4.78 is 5.47. The summed E-state index contributed by atoms with van der Waals surface area (Å²) in [5, 5.41) is 1.25. The largest absolute Gasteiger partial charge is 0.495 e. The molecule has 3 N–H and O–H groups in total. The first-order valence-corrected chi connectivity index (χ1v) is 6.47. The second kappa shape index (κ2) is 5.02. The number of hydrogen-bond acceptors (Lipinski definition) is 2. The molecule has 0 amide bonds. The van der Waals surface area contributed by atoms with Gasteiger partial charge in [0.15, 0.2) is 0 Å². The molecule has 0 saturated carbocycles. The van der Waals surface area contributed by atoms with Gasteiger partial charge in [0.1, 0.15) is 5.75 Å². The number of aromatic amines is 1. The Bertz CT molecular complexity index is 555. The number of H-pyrrole nitrogens is 1. The Labute approximate surface area is 108 Å². The highest BCUT2D eigenvalue weighted by Gasteiger charge is 2.16. The summed E-state index contributed by atoms with van der Waals surface area (Å²) in [4.78, 5) is 3.51. The van der Waals surface area contributed by atoms with E-state index in [9.17, 15) is 0 Å². The van der Waals surface area contributed by atoms with Gasteiger partial charge in [-0.05, 0) is 49.1 Å². The molecule has 98 valence electrons. The summed E-state index contributed by atoms with van der Waals surface area (Å²) in [5.74, 6) is 1.37. The molecule has 0 radical (unpaired) electrons. The van der Waals surface area contributed by atoms with Crippen molar-refractivity contribution in [2.24, 2.45) is 5.73 Å². The second-order valence-electron chi connectivity index (χ2n) is 5.10. The van der Waals surface area contributed by atoms with E-state index in [-0.39, 0.29) is 0 Å². The second-order valence-corrected chi connectivity index (χ2v) is 5.10. The molecule has 1 heterocycles. The molecule has 3 heteroatoms. The van der Waals surface area contributed by atoms with Crippen molar-refractivity contribution >= 4 is 10.9 Å². The van der Waals surface area contributed by atoms with E-state index >= 15 is 0 Å². The predicted octanol–water partition coefficient (Wildman–Crippen LogP) is 3.11. The fraction of sp³-hybridized carbons (Fsp3) is 0.467. The average Bonchev–Trinajstić information content (AvgIpc) is 2.68. The third kappa shape index (κ3) is 2.10. The van der Waals surface area contributed by atoms with Crippen molar-refractivity contribution < 1.29 is 4.74 Å². The highest BCUT2D eigenvalue weighted by Crippen LogP contribution is 2.34. The Kier molecular flexibility index (Phi) is 3.62. The Morgan fingerprint density at radius 3 is 2.61 bits per heavy atom. The normalized spacial score (nSPS) is 11.4. The van der Waals surface area contributed by atoms with Gasteiger partial charge in [0.2, 0.25) is 0 Å². The van der Waals surface area contributed by atoms with Gasteiger partial charge in [0.25, 0.3) is 0 Å². The summed E-state index contributed by atoms with van der Waals surface area (Å²) in [6.45, 7) is 7.16. The van der Waals surface area contributed by atoms with Crippen molar-refractivity contribution in [2.75, 3.05) is 13.7 Å². The van der Waals surface area contributed by atoms with Crippen molar-refractivity contribution in [3.8, 4) is 5.75 Å². The number of aromatic nitrogens is 1. The first-order chi connectivity index (χ1) is 8.58. The number of aryl methyl sites for hydroxylation is 1. The molecule has 0 unspecified atom stereocenters. The number of ether oxygens (including phenoxy) is 1. The van der Waals surface area contributed by atoms with Gasteiger partial charge in [-0.2, -0.15) is 0 Å². The Morgan fingerprint density at radius 1 is 1.33 bits per heavy atom. The van der Waals surface area contributed by atoms with Crippen LogP contribution in [-0.4, -0.2) is 18.6 Å². The van der Waals surface area contributed by atoms with Gasteiger partial charge in [-0.25, -0.2) is 0 Å². The molecule has 1 aromatic carbocycles. The lowest BCUT2D eigenvalue weighted by Crippen LogP contribution is -2.05. The highest BCUT2D eigenvalue weighted by molar-refractivity contribution is 5.90. The summed E-state index contributed by atoms with van der Waals surface area (Å²) in [6.07, 6.45) is 0.903. The van der Waals surface area contributed by atoms with E-state index in [4.69, 9.17) is 10.5 Å². The molecule has 0 spiro atoms. The van der Waals surface area contributed by atoms with E-state index in [0.717, 1.165) is 17.7 Å². The quantitative estimate of drug-likeness (QED) is 0.871. The van der Waals surface area contributed by atoms with Crippen LogP contribution in [0.4, 0.5) is 0 Å². The monoisotopic (exact) mass is 246 g/mol. The fourth-order valence-corrected chi connectivity index (χ4v) is 2.54. The molecule has 0 atom stereocenters. The molecule has 0 aliphatic carbocycles. The number of fused-ring (bicyclic) bond motifs is 1. The summed E-state index contributed by atoms with van der Waals surface area (Å²) in [7, 11) is 1.71. The summed E-state index contributed by atoms with van der Waals surface area (Å²) >= 11 is 0. The fourth-order valence-electron chi connectivity index (χ4n) is 2.54. The van der Waals surface area contributed by atoms with Crippen LogP contribution in [0.2, 0.25) is 0 Å². The van der Waals surface area contributed by atoms with E-state index in [2.05, 4.69) is 37.9 Å². The molecule has 0 aliphatic rings. The van der Waals surface area contributed by atoms with Crippen LogP contribution in [0.15, 0.2) is 12.1 Å². The van der Waals surface area contributed by atoms with E-state index < -0.39 is 0 Å². The van der Waals surface area contributed by atoms with Gasteiger partial charge < -0.3 is 15.5 Å². The van der Waals surface area contributed by atoms with Gasteiger partial charge in [-0.3, -0.25) is 0 Å². The number of rotatable bonds is 4. The Balaban J connectivity index is 2.75. The van der Waals surface area contributed by atoms with E-state index in [0.29, 0.717) is 12.5 Å². The molecule has 2 rings (SSSR count). The van der Waals surface area contributed by atoms with Crippen molar-refractivity contribution in [3.05, 3.63) is 29.0 Å². The van der Waals surface area contributed by atoms with Crippen LogP contribution < -0.4 is 10.5 Å². The minimum atomic E-state index is 0.462. The lowest BCUT2D eigenvalue weighted by Gasteiger charge is -2.06. The topological polar surface area (TPSA) is 51.0 Å². The van der Waals surface area contributed by atoms with E-state index in [1.54, 1.807) is 7.11 Å². The molecule has 0 saturated heterocycles. The van der Waals surface area contributed by atoms with Crippen molar-refractivity contribution in [1.29, 1.82) is 0 Å². The molecule has 0 aliphatic heterocycles. The Hall–Kier alpha value is -1.48. The maximum Gasteiger partial charge on any atom is 0.143 e. The first kappa shape index (κ1) is 13.0. The van der Waals surface area contributed by atoms with Crippen LogP contribution in [0.25, 0.3) is 10.9 Å². The standard InChI is InChI=1S/C15H22N2O/c1-9(2)14-11(5-6-16)12-7-10(3)8-13(18-4)15(12)17-14/h7-9,17H,5-6,16H2,1-4H3. The van der Waals surface area contributed by atoms with Crippen molar-refractivity contribution in [3.63, 3.8) is 0 Å². The van der Waals surface area contributed by atoms with Crippen molar-refractivity contribution in [1.82, 2.24) is 4.98 Å². The molecule has 3 nitrogen and oxygen atoms in total. The molecule has 0 bridgehead atoms. The van der Waals surface area contributed by atoms with Crippen LogP contribution in [0, 0.1) is 6.92 Å². The van der Waals surface area contributed by atoms with Gasteiger partial charge in [-0.15, -0.1) is 0 Å². The zero-order valence-electron chi connectivity index (χ0n) is 11.6. The number of benzene rings is 1. The molecular formula is C15H22N2O. The van der Waals surface area contributed by atoms with E-state index in [1.165, 1.54) is 22.2 Å². The molecule has 2 aromatic rings. The lowest BCUT2D eigenvalue weighted by atomic mass is 10.00. The maximum absolute atomic E-state index is 5.74. The third-order valence-electron chi connectivity index (χ3n) is 3.35. The zero-order valence-corrected chi connectivity index (χ0v) is 11.6. The van der Waals surface area contributed by atoms with Crippen LogP contribution in [-0.2, 0) is 6.42 Å². The minimum Gasteiger partial charge on any atom is -0.495 e. The van der Waals surface area contributed by atoms with Gasteiger partial charge >= 0.3 is 0 Å². The molecular weight excluding hydrogens is 224 g/mol.